The van der Waals surface area contributed by atoms with E-state index in [1.807, 2.05) is 13.0 Å². The van der Waals surface area contributed by atoms with Crippen LogP contribution in [-0.4, -0.2) is 28.8 Å². The number of hydrogen-bond donors (Lipinski definition) is 2. The molecule has 2 bridgehead atoms. The summed E-state index contributed by atoms with van der Waals surface area (Å²) in [5, 5.41) is 14.2. The number of halogens is 1. The van der Waals surface area contributed by atoms with E-state index in [-0.39, 0.29) is 5.91 Å². The van der Waals surface area contributed by atoms with E-state index in [1.165, 1.54) is 6.42 Å². The molecule has 0 aliphatic heterocycles. The van der Waals surface area contributed by atoms with Crippen molar-refractivity contribution >= 4 is 17.5 Å². The maximum absolute atomic E-state index is 12.6. The van der Waals surface area contributed by atoms with Crippen molar-refractivity contribution in [3.05, 3.63) is 28.8 Å². The number of aliphatic hydroxyl groups is 1. The minimum Gasteiger partial charge on any atom is -0.478 e. The van der Waals surface area contributed by atoms with E-state index in [2.05, 4.69) is 5.32 Å². The molecule has 3 rings (SSSR count). The molecule has 2 N–H and O–H groups in total. The predicted octanol–water partition coefficient (Wildman–Crippen LogP) is 4.25. The van der Waals surface area contributed by atoms with Crippen LogP contribution in [0, 0.1) is 18.8 Å². The molecule has 3 atom stereocenters. The van der Waals surface area contributed by atoms with Gasteiger partial charge in [-0.3, -0.25) is 4.79 Å². The number of hydrogen-bond acceptors (Lipinski definition) is 3. The zero-order valence-corrected chi connectivity index (χ0v) is 16.7. The molecule has 1 unspecified atom stereocenters. The fourth-order valence-electron chi connectivity index (χ4n) is 4.56. The summed E-state index contributed by atoms with van der Waals surface area (Å²) in [5.41, 5.74) is -0.488. The molecule has 5 heteroatoms. The molecule has 4 nitrogen and oxygen atoms in total. The van der Waals surface area contributed by atoms with Crippen LogP contribution in [0.5, 0.6) is 5.75 Å². The number of aryl methyl sites for hydroxylation is 1. The molecule has 2 fully saturated rings. The highest BCUT2D eigenvalue weighted by Gasteiger charge is 2.44. The van der Waals surface area contributed by atoms with Crippen molar-refractivity contribution in [1.29, 1.82) is 0 Å². The molecule has 0 spiro atoms. The Morgan fingerprint density at radius 3 is 2.88 bits per heavy atom. The lowest BCUT2D eigenvalue weighted by Crippen LogP contribution is -2.47. The molecule has 1 aromatic carbocycles. The maximum atomic E-state index is 12.6. The summed E-state index contributed by atoms with van der Waals surface area (Å²) in [7, 11) is 0. The zero-order chi connectivity index (χ0) is 18.9. The highest BCUT2D eigenvalue weighted by Crippen LogP contribution is 2.48. The van der Waals surface area contributed by atoms with Crippen molar-refractivity contribution in [2.24, 2.45) is 11.8 Å². The molecule has 0 aromatic heterocycles. The summed E-state index contributed by atoms with van der Waals surface area (Å²) in [4.78, 5) is 12.6. The Hall–Kier alpha value is -1.26. The first-order chi connectivity index (χ1) is 12.2. The van der Waals surface area contributed by atoms with Crippen molar-refractivity contribution in [2.45, 2.75) is 70.5 Å². The van der Waals surface area contributed by atoms with E-state index in [9.17, 15) is 9.90 Å². The van der Waals surface area contributed by atoms with E-state index in [1.54, 1.807) is 26.0 Å². The van der Waals surface area contributed by atoms with Crippen molar-refractivity contribution in [2.75, 3.05) is 6.54 Å². The number of carbonyl (C=O) groups excluding carboxylic acids is 1. The molecule has 1 aromatic rings. The first kappa shape index (κ1) is 19.5. The average molecular weight is 380 g/mol. The molecular formula is C21H30ClNO3. The van der Waals surface area contributed by atoms with Crippen LogP contribution in [0.3, 0.4) is 0 Å². The fourth-order valence-corrected chi connectivity index (χ4v) is 4.79. The van der Waals surface area contributed by atoms with Crippen molar-refractivity contribution in [3.8, 4) is 5.75 Å². The van der Waals surface area contributed by atoms with Gasteiger partial charge in [-0.25, -0.2) is 0 Å². The first-order valence-corrected chi connectivity index (χ1v) is 10.0. The molecule has 2 aliphatic rings. The second-order valence-corrected chi connectivity index (χ2v) is 9.14. The van der Waals surface area contributed by atoms with Gasteiger partial charge in [0.25, 0.3) is 5.91 Å². The maximum Gasteiger partial charge on any atom is 0.263 e. The van der Waals surface area contributed by atoms with Crippen LogP contribution in [0.25, 0.3) is 0 Å². The van der Waals surface area contributed by atoms with Crippen LogP contribution in [-0.2, 0) is 4.79 Å². The van der Waals surface area contributed by atoms with Gasteiger partial charge in [-0.05, 0) is 94.9 Å². The van der Waals surface area contributed by atoms with Crippen LogP contribution in [0.1, 0.15) is 57.9 Å². The third-order valence-electron chi connectivity index (χ3n) is 5.91. The summed E-state index contributed by atoms with van der Waals surface area (Å²) >= 11 is 5.98. The zero-order valence-electron chi connectivity index (χ0n) is 16.0. The summed E-state index contributed by atoms with van der Waals surface area (Å²) in [5.74, 6) is 1.72. The standard InChI is InChI=1S/C21H30ClNO3/c1-14-10-17(22)4-5-18(14)26-20(2,3)19(24)23-9-7-16-11-15-6-8-21(25,12-15)13-16/h4-5,10,15-16,25H,6-9,11-13H2,1-3H3,(H,23,24)/t15-,16?,21-/m0/s1. The Morgan fingerprint density at radius 1 is 1.42 bits per heavy atom. The summed E-state index contributed by atoms with van der Waals surface area (Å²) in [6.07, 6.45) is 6.05. The molecule has 144 valence electrons. The topological polar surface area (TPSA) is 58.6 Å². The quantitative estimate of drug-likeness (QED) is 0.776. The number of nitrogens with one attached hydrogen (secondary N) is 1. The van der Waals surface area contributed by atoms with Gasteiger partial charge in [0.2, 0.25) is 0 Å². The van der Waals surface area contributed by atoms with Crippen LogP contribution in [0.4, 0.5) is 0 Å². The number of ether oxygens (including phenoxy) is 1. The molecular weight excluding hydrogens is 350 g/mol. The Bertz CT molecular complexity index is 675. The molecule has 0 heterocycles. The predicted molar refractivity (Wildman–Crippen MR) is 104 cm³/mol. The summed E-state index contributed by atoms with van der Waals surface area (Å²) in [6, 6.07) is 5.39. The van der Waals surface area contributed by atoms with E-state index in [4.69, 9.17) is 16.3 Å². The van der Waals surface area contributed by atoms with Gasteiger partial charge in [0.05, 0.1) is 5.60 Å². The summed E-state index contributed by atoms with van der Waals surface area (Å²) < 4.78 is 5.94. The van der Waals surface area contributed by atoms with Crippen LogP contribution in [0.15, 0.2) is 18.2 Å². The lowest BCUT2D eigenvalue weighted by atomic mass is 9.77. The normalized spacial score (nSPS) is 28.0. The number of amides is 1. The van der Waals surface area contributed by atoms with Crippen molar-refractivity contribution in [3.63, 3.8) is 0 Å². The van der Waals surface area contributed by atoms with Crippen LogP contribution in [0.2, 0.25) is 5.02 Å². The highest BCUT2D eigenvalue weighted by molar-refractivity contribution is 6.30. The summed E-state index contributed by atoms with van der Waals surface area (Å²) in [6.45, 7) is 6.09. The number of rotatable bonds is 6. The Balaban J connectivity index is 1.49. The molecule has 0 radical (unpaired) electrons. The molecule has 1 amide bonds. The number of fused-ring (bicyclic) bond motifs is 2. The lowest BCUT2D eigenvalue weighted by molar-refractivity contribution is -0.134. The van der Waals surface area contributed by atoms with Gasteiger partial charge in [0.15, 0.2) is 5.60 Å². The molecule has 0 saturated heterocycles. The third kappa shape index (κ3) is 4.52. The minimum absolute atomic E-state index is 0.121. The second-order valence-electron chi connectivity index (χ2n) is 8.71. The smallest absolute Gasteiger partial charge is 0.263 e. The lowest BCUT2D eigenvalue weighted by Gasteiger charge is -2.34. The largest absolute Gasteiger partial charge is 0.478 e. The van der Waals surface area contributed by atoms with Gasteiger partial charge in [-0.2, -0.15) is 0 Å². The van der Waals surface area contributed by atoms with E-state index < -0.39 is 11.2 Å². The molecule has 2 saturated carbocycles. The van der Waals surface area contributed by atoms with Gasteiger partial charge in [0.1, 0.15) is 5.75 Å². The van der Waals surface area contributed by atoms with Gasteiger partial charge in [-0.15, -0.1) is 0 Å². The second kappa shape index (κ2) is 7.40. The average Bonchev–Trinajstić information content (AvgIpc) is 2.83. The number of carbonyl (C=O) groups is 1. The monoisotopic (exact) mass is 379 g/mol. The van der Waals surface area contributed by atoms with E-state index in [0.717, 1.165) is 37.7 Å². The Morgan fingerprint density at radius 2 is 2.19 bits per heavy atom. The van der Waals surface area contributed by atoms with Gasteiger partial charge in [0, 0.05) is 11.6 Å². The van der Waals surface area contributed by atoms with Gasteiger partial charge >= 0.3 is 0 Å². The van der Waals surface area contributed by atoms with Crippen LogP contribution >= 0.6 is 11.6 Å². The van der Waals surface area contributed by atoms with Crippen LogP contribution < -0.4 is 10.1 Å². The first-order valence-electron chi connectivity index (χ1n) is 9.63. The highest BCUT2D eigenvalue weighted by atomic mass is 35.5. The molecule has 2 aliphatic carbocycles. The van der Waals surface area contributed by atoms with Crippen molar-refractivity contribution < 1.29 is 14.6 Å². The van der Waals surface area contributed by atoms with Crippen molar-refractivity contribution in [1.82, 2.24) is 5.32 Å². The van der Waals surface area contributed by atoms with E-state index >= 15 is 0 Å². The van der Waals surface area contributed by atoms with Gasteiger partial charge in [-0.1, -0.05) is 11.6 Å². The Kier molecular flexibility index (Phi) is 5.55. The van der Waals surface area contributed by atoms with E-state index in [0.29, 0.717) is 29.2 Å². The Labute approximate surface area is 161 Å². The SMILES string of the molecule is Cc1cc(Cl)ccc1OC(C)(C)C(=O)NCCC1C[C@@H]2CC[C@@](O)(C1)C2. The number of benzene rings is 1. The van der Waals surface area contributed by atoms with Gasteiger partial charge < -0.3 is 15.2 Å². The fraction of sp³-hybridized carbons (Fsp3) is 0.667. The minimum atomic E-state index is -0.956. The third-order valence-corrected chi connectivity index (χ3v) is 6.14. The molecule has 26 heavy (non-hydrogen) atoms.